The minimum Gasteiger partial charge on any atom is -0.485 e. The van der Waals surface area contributed by atoms with Crippen LogP contribution in [0.5, 0.6) is 5.75 Å². The molecule has 0 radical (unpaired) electrons. The van der Waals surface area contributed by atoms with Crippen LogP contribution in [-0.4, -0.2) is 47.9 Å². The molecule has 0 saturated heterocycles. The molecule has 0 bridgehead atoms. The molecule has 5 nitrogen and oxygen atoms in total. The fourth-order valence-corrected chi connectivity index (χ4v) is 4.26. The molecule has 0 N–H and O–H groups in total. The zero-order valence-electron chi connectivity index (χ0n) is 16.1. The van der Waals surface area contributed by atoms with Gasteiger partial charge in [-0.1, -0.05) is 29.3 Å². The number of amides is 1. The Kier molecular flexibility index (Phi) is 7.91. The Balaban J connectivity index is 1.65. The molecular weight excluding hydrogens is 449 g/mol. The van der Waals surface area contributed by atoms with E-state index in [1.807, 2.05) is 41.9 Å². The van der Waals surface area contributed by atoms with E-state index in [9.17, 15) is 4.79 Å². The lowest BCUT2D eigenvalue weighted by molar-refractivity contribution is 0.0735. The summed E-state index contributed by atoms with van der Waals surface area (Å²) in [5.41, 5.74) is 0.842. The smallest absolute Gasteiger partial charge is 0.264 e. The molecule has 2 heterocycles. The number of halogens is 2. The number of carbonyl (C=O) groups excluding carboxylic acids is 1. The van der Waals surface area contributed by atoms with Gasteiger partial charge in [0, 0.05) is 29.6 Å². The number of likely N-dealkylation sites (N-methyl/N-ethyl adjacent to an activating group) is 1. The van der Waals surface area contributed by atoms with Crippen LogP contribution in [0, 0.1) is 0 Å². The van der Waals surface area contributed by atoms with Crippen LogP contribution in [0.4, 0.5) is 0 Å². The average Bonchev–Trinajstić information content (AvgIpc) is 3.37. The monoisotopic (exact) mass is 469 g/mol. The number of benzene rings is 1. The topological polar surface area (TPSA) is 45.7 Å². The number of nitrogens with zero attached hydrogens (tertiary/aromatic N) is 3. The second-order valence-electron chi connectivity index (χ2n) is 6.60. The van der Waals surface area contributed by atoms with Crippen LogP contribution in [0.1, 0.15) is 20.4 Å². The molecule has 1 amide bonds. The van der Waals surface area contributed by atoms with Gasteiger partial charge in [-0.3, -0.25) is 4.79 Å². The molecule has 0 spiro atoms. The molecule has 2 aromatic heterocycles. The quantitative estimate of drug-likeness (QED) is 0.426. The van der Waals surface area contributed by atoms with E-state index >= 15 is 0 Å². The van der Waals surface area contributed by atoms with Gasteiger partial charge >= 0.3 is 0 Å². The van der Waals surface area contributed by atoms with E-state index in [0.717, 1.165) is 22.1 Å². The summed E-state index contributed by atoms with van der Waals surface area (Å²) < 4.78 is 5.75. The highest BCUT2D eigenvalue weighted by Gasteiger charge is 2.18. The lowest BCUT2D eigenvalue weighted by Gasteiger charge is -2.23. The van der Waals surface area contributed by atoms with Gasteiger partial charge in [0.25, 0.3) is 5.91 Å². The van der Waals surface area contributed by atoms with Crippen LogP contribution < -0.4 is 4.74 Å². The van der Waals surface area contributed by atoms with Crippen molar-refractivity contribution in [2.24, 2.45) is 0 Å². The Bertz CT molecular complexity index is 945. The lowest BCUT2D eigenvalue weighted by atomic mass is 10.3. The second-order valence-corrected chi connectivity index (χ2v) is 9.34. The summed E-state index contributed by atoms with van der Waals surface area (Å²) in [6, 6.07) is 8.84. The van der Waals surface area contributed by atoms with Gasteiger partial charge in [-0.15, -0.1) is 22.7 Å². The number of carbonyl (C=O) groups is 1. The Hall–Kier alpha value is -1.64. The summed E-state index contributed by atoms with van der Waals surface area (Å²) in [4.78, 5) is 22.1. The SMILES string of the molecule is CN(C)CCN(Cc1csc(COc2cc(Cl)ccc2Cl)n1)C(=O)c1cccs1. The number of hydrogen-bond acceptors (Lipinski definition) is 6. The van der Waals surface area contributed by atoms with Gasteiger partial charge in [0.1, 0.15) is 17.4 Å². The van der Waals surface area contributed by atoms with Crippen molar-refractivity contribution in [3.63, 3.8) is 0 Å². The Labute approximate surface area is 188 Å². The fourth-order valence-electron chi connectivity index (χ4n) is 2.54. The van der Waals surface area contributed by atoms with Crippen molar-refractivity contribution in [3.8, 4) is 5.75 Å². The Morgan fingerprint density at radius 2 is 2.00 bits per heavy atom. The van der Waals surface area contributed by atoms with E-state index in [1.54, 1.807) is 18.2 Å². The highest BCUT2D eigenvalue weighted by molar-refractivity contribution is 7.12. The third-order valence-corrected chi connectivity index (χ3v) is 6.31. The minimum absolute atomic E-state index is 0.0263. The zero-order chi connectivity index (χ0) is 20.8. The molecule has 0 aliphatic rings. The number of hydrogen-bond donors (Lipinski definition) is 0. The minimum atomic E-state index is 0.0263. The van der Waals surface area contributed by atoms with Gasteiger partial charge in [-0.25, -0.2) is 4.98 Å². The number of ether oxygens (including phenoxy) is 1. The second kappa shape index (κ2) is 10.4. The van der Waals surface area contributed by atoms with Crippen LogP contribution >= 0.6 is 45.9 Å². The van der Waals surface area contributed by atoms with Gasteiger partial charge < -0.3 is 14.5 Å². The Morgan fingerprint density at radius 3 is 2.72 bits per heavy atom. The van der Waals surface area contributed by atoms with E-state index in [0.29, 0.717) is 35.5 Å². The number of thiophene rings is 1. The van der Waals surface area contributed by atoms with Crippen molar-refractivity contribution in [2.45, 2.75) is 13.2 Å². The molecule has 1 aromatic carbocycles. The van der Waals surface area contributed by atoms with Gasteiger partial charge in [0.2, 0.25) is 0 Å². The number of rotatable bonds is 9. The van der Waals surface area contributed by atoms with Crippen molar-refractivity contribution in [2.75, 3.05) is 27.2 Å². The summed E-state index contributed by atoms with van der Waals surface area (Å²) in [6.45, 7) is 2.16. The van der Waals surface area contributed by atoms with Gasteiger partial charge in [0.15, 0.2) is 0 Å². The van der Waals surface area contributed by atoms with Crippen molar-refractivity contribution in [3.05, 3.63) is 66.7 Å². The van der Waals surface area contributed by atoms with E-state index in [1.165, 1.54) is 22.7 Å². The molecule has 29 heavy (non-hydrogen) atoms. The predicted octanol–water partition coefficient (Wildman–Crippen LogP) is 5.29. The first-order chi connectivity index (χ1) is 13.9. The summed E-state index contributed by atoms with van der Waals surface area (Å²) >= 11 is 15.1. The fraction of sp³-hybridized carbons (Fsp3) is 0.300. The molecular formula is C20H21Cl2N3O2S2. The maximum atomic E-state index is 12.9. The van der Waals surface area contributed by atoms with Crippen molar-refractivity contribution in [1.29, 1.82) is 0 Å². The van der Waals surface area contributed by atoms with Gasteiger partial charge in [0.05, 0.1) is 22.1 Å². The summed E-state index contributed by atoms with van der Waals surface area (Å²) in [6.07, 6.45) is 0. The van der Waals surface area contributed by atoms with Crippen molar-refractivity contribution >= 4 is 51.8 Å². The molecule has 0 unspecified atom stereocenters. The Morgan fingerprint density at radius 1 is 1.17 bits per heavy atom. The predicted molar refractivity (Wildman–Crippen MR) is 121 cm³/mol. The van der Waals surface area contributed by atoms with Gasteiger partial charge in [-0.2, -0.15) is 0 Å². The van der Waals surface area contributed by atoms with Crippen LogP contribution in [-0.2, 0) is 13.2 Å². The summed E-state index contributed by atoms with van der Waals surface area (Å²) in [7, 11) is 3.99. The van der Waals surface area contributed by atoms with Crippen LogP contribution in [0.25, 0.3) is 0 Å². The summed E-state index contributed by atoms with van der Waals surface area (Å²) in [5.74, 6) is 0.551. The number of thiazole rings is 1. The maximum Gasteiger partial charge on any atom is 0.264 e. The zero-order valence-corrected chi connectivity index (χ0v) is 19.2. The average molecular weight is 470 g/mol. The van der Waals surface area contributed by atoms with E-state index < -0.39 is 0 Å². The molecule has 154 valence electrons. The maximum absolute atomic E-state index is 12.9. The van der Waals surface area contributed by atoms with Crippen molar-refractivity contribution in [1.82, 2.24) is 14.8 Å². The van der Waals surface area contributed by atoms with Gasteiger partial charge in [-0.05, 0) is 37.7 Å². The third kappa shape index (κ3) is 6.42. The lowest BCUT2D eigenvalue weighted by Crippen LogP contribution is -2.36. The van der Waals surface area contributed by atoms with Crippen LogP contribution in [0.3, 0.4) is 0 Å². The molecule has 0 saturated carbocycles. The van der Waals surface area contributed by atoms with Crippen LogP contribution in [0.15, 0.2) is 41.1 Å². The standard InChI is InChI=1S/C20H21Cl2N3O2S2/c1-24(2)7-8-25(20(26)18-4-3-9-28-18)11-15-13-29-19(23-15)12-27-17-10-14(21)5-6-16(17)22/h3-6,9-10,13H,7-8,11-12H2,1-2H3. The van der Waals surface area contributed by atoms with E-state index in [2.05, 4.69) is 9.88 Å². The van der Waals surface area contributed by atoms with E-state index in [-0.39, 0.29) is 5.91 Å². The largest absolute Gasteiger partial charge is 0.485 e. The normalized spacial score (nSPS) is 11.1. The summed E-state index contributed by atoms with van der Waals surface area (Å²) in [5, 5.41) is 5.75. The molecule has 3 aromatic rings. The molecule has 9 heteroatoms. The first kappa shape index (κ1) is 22.1. The number of aromatic nitrogens is 1. The molecule has 3 rings (SSSR count). The first-order valence-corrected chi connectivity index (χ1v) is 11.4. The van der Waals surface area contributed by atoms with Crippen LogP contribution in [0.2, 0.25) is 10.0 Å². The molecule has 0 aliphatic carbocycles. The molecule has 0 aliphatic heterocycles. The van der Waals surface area contributed by atoms with E-state index in [4.69, 9.17) is 27.9 Å². The van der Waals surface area contributed by atoms with Crippen molar-refractivity contribution < 1.29 is 9.53 Å². The highest BCUT2D eigenvalue weighted by atomic mass is 35.5. The third-order valence-electron chi connectivity index (χ3n) is 4.03. The molecule has 0 fully saturated rings. The highest BCUT2D eigenvalue weighted by Crippen LogP contribution is 2.28. The molecule has 0 atom stereocenters. The first-order valence-electron chi connectivity index (χ1n) is 8.91.